The molecule has 0 bridgehead atoms. The molecule has 0 unspecified atom stereocenters. The number of nitriles is 1. The zero-order valence-electron chi connectivity index (χ0n) is 13.1. The van der Waals surface area contributed by atoms with Gasteiger partial charge in [0.25, 0.3) is 0 Å². The molecule has 0 saturated carbocycles. The number of fused-ring (bicyclic) bond motifs is 3. The van der Waals surface area contributed by atoms with Crippen molar-refractivity contribution in [3.63, 3.8) is 0 Å². The van der Waals surface area contributed by atoms with E-state index in [0.29, 0.717) is 36.3 Å². The minimum Gasteiger partial charge on any atom is -0.444 e. The number of rotatable bonds is 0. The molecule has 2 heterocycles. The predicted molar refractivity (Wildman–Crippen MR) is 85.3 cm³/mol. The first-order valence-electron chi connectivity index (χ1n) is 7.78. The van der Waals surface area contributed by atoms with Crippen LogP contribution in [0.2, 0.25) is 0 Å². The summed E-state index contributed by atoms with van der Waals surface area (Å²) in [6.45, 7) is 1.86. The molecule has 0 aromatic heterocycles. The van der Waals surface area contributed by atoms with Gasteiger partial charge in [-0.15, -0.1) is 0 Å². The summed E-state index contributed by atoms with van der Waals surface area (Å²) in [7, 11) is 0. The van der Waals surface area contributed by atoms with Crippen molar-refractivity contribution in [2.24, 2.45) is 5.73 Å². The zero-order valence-corrected chi connectivity index (χ0v) is 13.1. The van der Waals surface area contributed by atoms with Crippen LogP contribution in [0.15, 0.2) is 41.0 Å². The van der Waals surface area contributed by atoms with Crippen LogP contribution < -0.4 is 11.1 Å². The van der Waals surface area contributed by atoms with Gasteiger partial charge in [0.15, 0.2) is 5.78 Å². The Labute approximate surface area is 138 Å². The first-order valence-corrected chi connectivity index (χ1v) is 7.78. The van der Waals surface area contributed by atoms with Crippen LogP contribution in [-0.4, -0.2) is 11.7 Å². The lowest BCUT2D eigenvalue weighted by molar-refractivity contribution is -0.123. The minimum atomic E-state index is -1.50. The molecule has 1 spiro atoms. The largest absolute Gasteiger partial charge is 0.444 e. The molecule has 4 rings (SSSR count). The van der Waals surface area contributed by atoms with E-state index in [0.717, 1.165) is 5.56 Å². The second kappa shape index (κ2) is 4.71. The van der Waals surface area contributed by atoms with Crippen molar-refractivity contribution < 1.29 is 14.3 Å². The monoisotopic (exact) mass is 321 g/mol. The van der Waals surface area contributed by atoms with Crippen LogP contribution in [0.5, 0.6) is 0 Å². The van der Waals surface area contributed by atoms with Gasteiger partial charge in [-0.05, 0) is 25.0 Å². The highest BCUT2D eigenvalue weighted by molar-refractivity contribution is 6.19. The van der Waals surface area contributed by atoms with Crippen LogP contribution in [0.4, 0.5) is 5.69 Å². The van der Waals surface area contributed by atoms with E-state index in [2.05, 4.69) is 5.32 Å². The Hall–Kier alpha value is -3.07. The number of amides is 1. The Kier molecular flexibility index (Phi) is 2.85. The van der Waals surface area contributed by atoms with Gasteiger partial charge in [-0.2, -0.15) is 5.26 Å². The van der Waals surface area contributed by atoms with Crippen LogP contribution in [0.1, 0.15) is 30.4 Å². The van der Waals surface area contributed by atoms with Gasteiger partial charge in [0.05, 0.1) is 5.57 Å². The summed E-state index contributed by atoms with van der Waals surface area (Å²) >= 11 is 0. The molecule has 0 fully saturated rings. The molecule has 1 atom stereocenters. The molecule has 24 heavy (non-hydrogen) atoms. The summed E-state index contributed by atoms with van der Waals surface area (Å²) < 4.78 is 5.57. The van der Waals surface area contributed by atoms with E-state index < -0.39 is 11.3 Å². The van der Waals surface area contributed by atoms with Gasteiger partial charge >= 0.3 is 0 Å². The van der Waals surface area contributed by atoms with Gasteiger partial charge in [-0.3, -0.25) is 9.59 Å². The highest BCUT2D eigenvalue weighted by Gasteiger charge is 2.60. The van der Waals surface area contributed by atoms with Crippen LogP contribution in [-0.2, 0) is 19.7 Å². The molecule has 3 N–H and O–H groups in total. The van der Waals surface area contributed by atoms with Crippen molar-refractivity contribution >= 4 is 17.4 Å². The number of hydrogen-bond acceptors (Lipinski definition) is 5. The van der Waals surface area contributed by atoms with Crippen LogP contribution in [0, 0.1) is 18.3 Å². The fourth-order valence-corrected chi connectivity index (χ4v) is 4.04. The molecule has 6 nitrogen and oxygen atoms in total. The first-order chi connectivity index (χ1) is 11.5. The number of nitrogens with one attached hydrogen (secondary N) is 1. The van der Waals surface area contributed by atoms with E-state index in [1.54, 1.807) is 6.07 Å². The van der Waals surface area contributed by atoms with Crippen molar-refractivity contribution in [3.05, 3.63) is 52.1 Å². The van der Waals surface area contributed by atoms with Gasteiger partial charge in [0.2, 0.25) is 11.8 Å². The summed E-state index contributed by atoms with van der Waals surface area (Å²) in [4.78, 5) is 25.8. The molecule has 0 radical (unpaired) electrons. The van der Waals surface area contributed by atoms with Gasteiger partial charge in [-0.1, -0.05) is 12.1 Å². The van der Waals surface area contributed by atoms with E-state index in [-0.39, 0.29) is 22.8 Å². The van der Waals surface area contributed by atoms with Gasteiger partial charge in [-0.25, -0.2) is 0 Å². The van der Waals surface area contributed by atoms with Crippen LogP contribution in [0.3, 0.4) is 0 Å². The number of hydrogen-bond donors (Lipinski definition) is 2. The summed E-state index contributed by atoms with van der Waals surface area (Å²) in [6, 6.07) is 7.47. The SMILES string of the molecule is Cc1cccc2c1[C@@]1(C(=O)N2)C(C#N)=C(N)OC2=C1C(=O)CCC2. The molecule has 1 aliphatic carbocycles. The second-order valence-corrected chi connectivity index (χ2v) is 6.23. The number of carbonyl (C=O) groups excluding carboxylic acids is 2. The summed E-state index contributed by atoms with van der Waals surface area (Å²) in [5, 5.41) is 12.5. The zero-order chi connectivity index (χ0) is 17.1. The van der Waals surface area contributed by atoms with Crippen molar-refractivity contribution in [1.82, 2.24) is 0 Å². The number of aryl methyl sites for hydroxylation is 1. The predicted octanol–water partition coefficient (Wildman–Crippen LogP) is 1.92. The number of anilines is 1. The summed E-state index contributed by atoms with van der Waals surface area (Å²) in [5.74, 6) is -0.272. The normalized spacial score (nSPS) is 25.2. The van der Waals surface area contributed by atoms with Crippen molar-refractivity contribution in [1.29, 1.82) is 5.26 Å². The Morgan fingerprint density at radius 2 is 2.12 bits per heavy atom. The maximum Gasteiger partial charge on any atom is 0.245 e. The van der Waals surface area contributed by atoms with E-state index >= 15 is 0 Å². The molecule has 3 aliphatic rings. The Balaban J connectivity index is 2.16. The van der Waals surface area contributed by atoms with E-state index in [1.807, 2.05) is 25.1 Å². The average Bonchev–Trinajstić information content (AvgIpc) is 2.82. The summed E-state index contributed by atoms with van der Waals surface area (Å²) in [5.41, 5.74) is 6.78. The molecule has 1 amide bonds. The molecule has 1 aromatic rings. The smallest absolute Gasteiger partial charge is 0.245 e. The topological polar surface area (TPSA) is 105 Å². The summed E-state index contributed by atoms with van der Waals surface area (Å²) in [6.07, 6.45) is 1.50. The molecule has 1 aromatic carbocycles. The van der Waals surface area contributed by atoms with Crippen molar-refractivity contribution in [2.45, 2.75) is 31.6 Å². The first kappa shape index (κ1) is 14.5. The molecule has 6 heteroatoms. The maximum absolute atomic E-state index is 13.1. The van der Waals surface area contributed by atoms with Crippen LogP contribution in [0.25, 0.3) is 0 Å². The minimum absolute atomic E-state index is 0.0120. The number of carbonyl (C=O) groups is 2. The number of ether oxygens (including phenoxy) is 1. The number of ketones is 1. The van der Waals surface area contributed by atoms with E-state index in [4.69, 9.17) is 10.5 Å². The highest BCUT2D eigenvalue weighted by Crippen LogP contribution is 2.54. The lowest BCUT2D eigenvalue weighted by Crippen LogP contribution is -2.46. The Morgan fingerprint density at radius 1 is 1.33 bits per heavy atom. The maximum atomic E-state index is 13.1. The van der Waals surface area contributed by atoms with E-state index in [9.17, 15) is 14.9 Å². The van der Waals surface area contributed by atoms with Crippen molar-refractivity contribution in [2.75, 3.05) is 5.32 Å². The number of allylic oxidation sites excluding steroid dienone is 1. The lowest BCUT2D eigenvalue weighted by atomic mass is 9.64. The molecule has 0 saturated heterocycles. The third-order valence-corrected chi connectivity index (χ3v) is 4.94. The average molecular weight is 321 g/mol. The molecule has 120 valence electrons. The number of nitrogens with two attached hydrogens (primary N) is 1. The third kappa shape index (κ3) is 1.54. The number of nitrogens with zero attached hydrogens (tertiary/aromatic N) is 1. The third-order valence-electron chi connectivity index (χ3n) is 4.94. The molecular weight excluding hydrogens is 306 g/mol. The quantitative estimate of drug-likeness (QED) is 0.759. The Bertz CT molecular complexity index is 920. The number of Topliss-reactive ketones (excluding diaryl/α,β-unsaturated/α-hetero) is 1. The van der Waals surface area contributed by atoms with Crippen LogP contribution >= 0.6 is 0 Å². The van der Waals surface area contributed by atoms with Gasteiger partial charge < -0.3 is 15.8 Å². The molecular formula is C18H15N3O3. The van der Waals surface area contributed by atoms with E-state index in [1.165, 1.54) is 0 Å². The lowest BCUT2D eigenvalue weighted by Gasteiger charge is -2.37. The highest BCUT2D eigenvalue weighted by atomic mass is 16.5. The van der Waals surface area contributed by atoms with Gasteiger partial charge in [0.1, 0.15) is 22.8 Å². The fraction of sp³-hybridized carbons (Fsp3) is 0.278. The standard InChI is InChI=1S/C18H15N3O3/c1-9-4-2-5-11-14(9)18(17(23)21-11)10(8-19)16(20)24-13-7-3-6-12(22)15(13)18/h2,4-5H,3,6-7,20H2,1H3,(H,21,23)/t18-/m0/s1. The molecule has 2 aliphatic heterocycles. The second-order valence-electron chi connectivity index (χ2n) is 6.23. The fourth-order valence-electron chi connectivity index (χ4n) is 4.04. The van der Waals surface area contributed by atoms with Crippen molar-refractivity contribution in [3.8, 4) is 6.07 Å². The van der Waals surface area contributed by atoms with Gasteiger partial charge in [0, 0.05) is 24.1 Å². The Morgan fingerprint density at radius 3 is 2.88 bits per heavy atom. The number of benzene rings is 1.